The van der Waals surface area contributed by atoms with Gasteiger partial charge < -0.3 is 14.9 Å². The van der Waals surface area contributed by atoms with E-state index in [1.54, 1.807) is 0 Å². The first kappa shape index (κ1) is 15.2. The summed E-state index contributed by atoms with van der Waals surface area (Å²) in [5.41, 5.74) is 2.23. The molecule has 0 aliphatic heterocycles. The van der Waals surface area contributed by atoms with Crippen LogP contribution in [0.2, 0.25) is 0 Å². The molecule has 0 saturated carbocycles. The van der Waals surface area contributed by atoms with Crippen LogP contribution in [0.3, 0.4) is 0 Å². The molecule has 0 aromatic heterocycles. The fraction of sp³-hybridized carbons (Fsp3) is 0.538. The zero-order valence-electron chi connectivity index (χ0n) is 11.3. The lowest BCUT2D eigenvalue weighted by atomic mass is 9.81. The first-order valence-corrected chi connectivity index (χ1v) is 7.68. The van der Waals surface area contributed by atoms with E-state index < -0.39 is 7.60 Å². The molecule has 18 heavy (non-hydrogen) atoms. The van der Waals surface area contributed by atoms with E-state index in [0.29, 0.717) is 6.42 Å². The Morgan fingerprint density at radius 2 is 1.61 bits per heavy atom. The van der Waals surface area contributed by atoms with Crippen LogP contribution in [-0.4, -0.2) is 21.1 Å². The second-order valence-electron chi connectivity index (χ2n) is 5.48. The Morgan fingerprint density at radius 1 is 1.17 bits per heavy atom. The van der Waals surface area contributed by atoms with Crippen molar-refractivity contribution in [3.63, 3.8) is 0 Å². The molecule has 0 unspecified atom stereocenters. The molecule has 1 rings (SSSR count). The summed E-state index contributed by atoms with van der Waals surface area (Å²) in [6.45, 7) is 7.55. The van der Waals surface area contributed by atoms with E-state index in [1.807, 2.05) is 39.8 Å². The minimum absolute atomic E-state index is 0.126. The Labute approximate surface area is 108 Å². The molecule has 3 N–H and O–H groups in total. The van der Waals surface area contributed by atoms with Gasteiger partial charge in [-0.05, 0) is 42.4 Å². The van der Waals surface area contributed by atoms with Crippen LogP contribution in [0.1, 0.15) is 37.0 Å². The van der Waals surface area contributed by atoms with Gasteiger partial charge in [-0.25, -0.2) is 0 Å². The molecule has 0 aliphatic carbocycles. The van der Waals surface area contributed by atoms with Crippen molar-refractivity contribution < 1.29 is 19.5 Å². The van der Waals surface area contributed by atoms with Gasteiger partial charge in [-0.2, -0.15) is 0 Å². The molecular weight excluding hydrogens is 251 g/mol. The number of benzene rings is 1. The van der Waals surface area contributed by atoms with Gasteiger partial charge in [-0.15, -0.1) is 0 Å². The maximum atomic E-state index is 11.0. The molecular formula is C13H21O4P. The zero-order valence-corrected chi connectivity index (χ0v) is 12.2. The monoisotopic (exact) mass is 272 g/mol. The van der Waals surface area contributed by atoms with Crippen molar-refractivity contribution in [2.75, 3.05) is 6.16 Å². The van der Waals surface area contributed by atoms with Crippen molar-refractivity contribution in [3.05, 3.63) is 28.8 Å². The van der Waals surface area contributed by atoms with Gasteiger partial charge in [-0.1, -0.05) is 26.0 Å². The summed E-state index contributed by atoms with van der Waals surface area (Å²) < 4.78 is 11.0. The Balaban J connectivity index is 3.01. The summed E-state index contributed by atoms with van der Waals surface area (Å²) in [6.07, 6.45) is 0.278. The normalized spacial score (nSPS) is 12.8. The summed E-state index contributed by atoms with van der Waals surface area (Å²) in [5, 5.41) is 9.73. The number of phenols is 1. The molecule has 4 nitrogen and oxygen atoms in total. The number of phenolic OH excluding ortho intramolecular Hbond substituents is 1. The predicted molar refractivity (Wildman–Crippen MR) is 72.1 cm³/mol. The van der Waals surface area contributed by atoms with Crippen molar-refractivity contribution in [2.24, 2.45) is 0 Å². The molecule has 0 bridgehead atoms. The Bertz CT molecular complexity index is 465. The van der Waals surface area contributed by atoms with Crippen molar-refractivity contribution >= 4 is 7.60 Å². The molecule has 102 valence electrons. The van der Waals surface area contributed by atoms with Crippen LogP contribution >= 0.6 is 7.60 Å². The summed E-state index contributed by atoms with van der Waals surface area (Å²) in [7, 11) is -3.97. The largest absolute Gasteiger partial charge is 0.507 e. The molecule has 0 amide bonds. The molecule has 0 atom stereocenters. The van der Waals surface area contributed by atoms with Crippen LogP contribution in [0.25, 0.3) is 0 Å². The lowest BCUT2D eigenvalue weighted by molar-refractivity contribution is 0.363. The lowest BCUT2D eigenvalue weighted by Gasteiger charge is -2.26. The minimum atomic E-state index is -3.97. The Hall–Kier alpha value is -0.830. The maximum absolute atomic E-state index is 11.0. The quantitative estimate of drug-likeness (QED) is 0.736. The third kappa shape index (κ3) is 3.84. The molecule has 1 aromatic rings. The topological polar surface area (TPSA) is 77.8 Å². The highest BCUT2D eigenvalue weighted by Gasteiger charge is 2.26. The van der Waals surface area contributed by atoms with Crippen LogP contribution in [0.4, 0.5) is 0 Å². The lowest BCUT2D eigenvalue weighted by Crippen LogP contribution is -2.19. The molecule has 0 aliphatic rings. The molecule has 1 aromatic carbocycles. The van der Waals surface area contributed by atoms with Crippen LogP contribution in [0.15, 0.2) is 12.1 Å². The third-order valence-electron chi connectivity index (χ3n) is 3.30. The Morgan fingerprint density at radius 3 is 2.00 bits per heavy atom. The van der Waals surface area contributed by atoms with E-state index in [2.05, 4.69) is 0 Å². The van der Waals surface area contributed by atoms with Gasteiger partial charge in [-0.3, -0.25) is 4.57 Å². The number of hydrogen-bond donors (Lipinski definition) is 3. The van der Waals surface area contributed by atoms with Gasteiger partial charge in [0.15, 0.2) is 0 Å². The predicted octanol–water partition coefficient (Wildman–Crippen LogP) is 2.85. The fourth-order valence-corrected chi connectivity index (χ4v) is 2.77. The van der Waals surface area contributed by atoms with E-state index in [1.165, 1.54) is 0 Å². The van der Waals surface area contributed by atoms with Gasteiger partial charge in [0.2, 0.25) is 0 Å². The molecule has 0 heterocycles. The van der Waals surface area contributed by atoms with Crippen LogP contribution < -0.4 is 0 Å². The average molecular weight is 272 g/mol. The minimum Gasteiger partial charge on any atom is -0.507 e. The van der Waals surface area contributed by atoms with Crippen molar-refractivity contribution in [1.82, 2.24) is 0 Å². The van der Waals surface area contributed by atoms with E-state index >= 15 is 0 Å². The third-order valence-corrected chi connectivity index (χ3v) is 4.11. The van der Waals surface area contributed by atoms with Crippen molar-refractivity contribution in [3.8, 4) is 5.75 Å². The number of aromatic hydroxyl groups is 1. The zero-order chi connectivity index (χ0) is 14.1. The van der Waals surface area contributed by atoms with Gasteiger partial charge in [0.05, 0.1) is 6.16 Å². The van der Waals surface area contributed by atoms with Gasteiger partial charge in [0.25, 0.3) is 0 Å². The SMILES string of the molecule is Cc1cc(C(C)(C)CCP(=O)(O)O)cc(C)c1O. The summed E-state index contributed by atoms with van der Waals surface area (Å²) in [5.74, 6) is 0.282. The van der Waals surface area contributed by atoms with Crippen LogP contribution in [-0.2, 0) is 9.98 Å². The molecule has 0 saturated heterocycles. The molecule has 0 spiro atoms. The summed E-state index contributed by atoms with van der Waals surface area (Å²) in [6, 6.07) is 3.75. The average Bonchev–Trinajstić information content (AvgIpc) is 2.21. The standard InChI is InChI=1S/C13H21O4P/c1-9-7-11(8-10(2)12(9)14)13(3,4)5-6-18(15,16)17/h7-8,14H,5-6H2,1-4H3,(H2,15,16,17). The Kier molecular flexibility index (Phi) is 4.26. The molecule has 0 radical (unpaired) electrons. The second-order valence-corrected chi connectivity index (χ2v) is 7.26. The first-order valence-electron chi connectivity index (χ1n) is 5.88. The van der Waals surface area contributed by atoms with Gasteiger partial charge in [0, 0.05) is 0 Å². The van der Waals surface area contributed by atoms with E-state index in [9.17, 15) is 9.67 Å². The molecule has 5 heteroatoms. The van der Waals surface area contributed by atoms with Gasteiger partial charge >= 0.3 is 7.60 Å². The van der Waals surface area contributed by atoms with Gasteiger partial charge in [0.1, 0.15) is 5.75 Å². The van der Waals surface area contributed by atoms with Crippen molar-refractivity contribution in [1.29, 1.82) is 0 Å². The van der Waals surface area contributed by atoms with Crippen LogP contribution in [0, 0.1) is 13.8 Å². The first-order chi connectivity index (χ1) is 8.03. The van der Waals surface area contributed by atoms with E-state index in [4.69, 9.17) is 9.79 Å². The summed E-state index contributed by atoms with van der Waals surface area (Å²) >= 11 is 0. The fourth-order valence-electron chi connectivity index (χ4n) is 1.92. The number of hydrogen-bond acceptors (Lipinski definition) is 2. The highest BCUT2D eigenvalue weighted by molar-refractivity contribution is 7.51. The second kappa shape index (κ2) is 5.04. The highest BCUT2D eigenvalue weighted by Crippen LogP contribution is 2.40. The smallest absolute Gasteiger partial charge is 0.325 e. The number of rotatable bonds is 4. The summed E-state index contributed by atoms with van der Waals surface area (Å²) in [4.78, 5) is 17.9. The van der Waals surface area contributed by atoms with E-state index in [0.717, 1.165) is 16.7 Å². The van der Waals surface area contributed by atoms with Crippen LogP contribution in [0.5, 0.6) is 5.75 Å². The van der Waals surface area contributed by atoms with E-state index in [-0.39, 0.29) is 17.3 Å². The maximum Gasteiger partial charge on any atom is 0.325 e. The van der Waals surface area contributed by atoms with Crippen molar-refractivity contribution in [2.45, 2.75) is 39.5 Å². The number of aryl methyl sites for hydroxylation is 2. The molecule has 0 fully saturated rings. The highest BCUT2D eigenvalue weighted by atomic mass is 31.2.